The normalized spacial score (nSPS) is 7.93. The molecule has 14 heavy (non-hydrogen) atoms. The van der Waals surface area contributed by atoms with Crippen molar-refractivity contribution in [1.29, 1.82) is 0 Å². The number of hydrogen-bond donors (Lipinski definition) is 0. The summed E-state index contributed by atoms with van der Waals surface area (Å²) in [5, 5.41) is 0. The van der Waals surface area contributed by atoms with Crippen LogP contribution in [0.3, 0.4) is 0 Å². The summed E-state index contributed by atoms with van der Waals surface area (Å²) in [6, 6.07) is 3.42. The molecule has 0 aliphatic rings. The molecule has 0 nitrogen and oxygen atoms in total. The lowest BCUT2D eigenvalue weighted by Gasteiger charge is -1.91. The van der Waals surface area contributed by atoms with Gasteiger partial charge in [-0.2, -0.15) is 0 Å². The molecular formula is C12H20F2. The fraction of sp³-hybridized carbons (Fsp3) is 0.500. The first-order chi connectivity index (χ1) is 6.60. The number of halogens is 2. The van der Waals surface area contributed by atoms with Crippen LogP contribution in [0.2, 0.25) is 0 Å². The van der Waals surface area contributed by atoms with Crippen molar-refractivity contribution >= 4 is 0 Å². The Morgan fingerprint density at radius 1 is 0.929 bits per heavy atom. The highest BCUT2D eigenvalue weighted by Gasteiger charge is 1.93. The summed E-state index contributed by atoms with van der Waals surface area (Å²) >= 11 is 0. The third-order valence-electron chi connectivity index (χ3n) is 1.01. The molecule has 2 heteroatoms. The summed E-state index contributed by atoms with van der Waals surface area (Å²) in [5.41, 5.74) is 0.604. The lowest BCUT2D eigenvalue weighted by atomic mass is 10.2. The van der Waals surface area contributed by atoms with Crippen molar-refractivity contribution in [1.82, 2.24) is 0 Å². The molecule has 0 N–H and O–H groups in total. The van der Waals surface area contributed by atoms with E-state index in [1.807, 2.05) is 13.8 Å². The van der Waals surface area contributed by atoms with Gasteiger partial charge >= 0.3 is 0 Å². The molecule has 0 amide bonds. The van der Waals surface area contributed by atoms with E-state index >= 15 is 0 Å². The lowest BCUT2D eigenvalue weighted by Crippen LogP contribution is -1.80. The van der Waals surface area contributed by atoms with E-state index in [0.717, 1.165) is 6.07 Å². The maximum atomic E-state index is 12.2. The molecule has 0 saturated heterocycles. The van der Waals surface area contributed by atoms with Gasteiger partial charge < -0.3 is 0 Å². The lowest BCUT2D eigenvalue weighted by molar-refractivity contribution is 0.581. The Morgan fingerprint density at radius 2 is 1.21 bits per heavy atom. The topological polar surface area (TPSA) is 0 Å². The zero-order chi connectivity index (χ0) is 11.6. The highest BCUT2D eigenvalue weighted by atomic mass is 19.1. The summed E-state index contributed by atoms with van der Waals surface area (Å²) in [4.78, 5) is 0. The molecule has 0 aromatic heterocycles. The van der Waals surface area contributed by atoms with Crippen LogP contribution in [-0.2, 0) is 0 Å². The minimum atomic E-state index is -0.521. The zero-order valence-electron chi connectivity index (χ0n) is 9.70. The van der Waals surface area contributed by atoms with Crippen molar-refractivity contribution in [3.63, 3.8) is 0 Å². The second-order valence-corrected chi connectivity index (χ2v) is 2.65. The predicted octanol–water partition coefficient (Wildman–Crippen LogP) is 4.72. The molecule has 0 aliphatic carbocycles. The molecule has 0 bridgehead atoms. The molecule has 0 saturated carbocycles. The Balaban J connectivity index is 0. The van der Waals surface area contributed by atoms with Gasteiger partial charge in [-0.25, -0.2) is 8.78 Å². The molecular weight excluding hydrogens is 182 g/mol. The van der Waals surface area contributed by atoms with Gasteiger partial charge in [-0.05, 0) is 24.6 Å². The van der Waals surface area contributed by atoms with Gasteiger partial charge in [0.1, 0.15) is 11.6 Å². The first kappa shape index (κ1) is 15.5. The van der Waals surface area contributed by atoms with Crippen LogP contribution >= 0.6 is 0 Å². The Bertz CT molecular complexity index is 181. The fourth-order valence-electron chi connectivity index (χ4n) is 0.692. The van der Waals surface area contributed by atoms with Gasteiger partial charge in [-0.15, -0.1) is 0 Å². The Labute approximate surface area is 86.0 Å². The first-order valence-corrected chi connectivity index (χ1v) is 5.02. The van der Waals surface area contributed by atoms with Crippen LogP contribution in [-0.4, -0.2) is 0 Å². The van der Waals surface area contributed by atoms with Crippen molar-refractivity contribution < 1.29 is 8.78 Å². The van der Waals surface area contributed by atoms with Crippen molar-refractivity contribution in [3.8, 4) is 0 Å². The van der Waals surface area contributed by atoms with E-state index in [0.29, 0.717) is 5.56 Å². The van der Waals surface area contributed by atoms with Crippen molar-refractivity contribution in [3.05, 3.63) is 35.4 Å². The van der Waals surface area contributed by atoms with Gasteiger partial charge in [0.2, 0.25) is 0 Å². The quantitative estimate of drug-likeness (QED) is 0.571. The van der Waals surface area contributed by atoms with E-state index in [1.165, 1.54) is 18.6 Å². The molecule has 0 heterocycles. The van der Waals surface area contributed by atoms with E-state index < -0.39 is 11.6 Å². The maximum Gasteiger partial charge on any atom is 0.126 e. The minimum Gasteiger partial charge on any atom is -0.207 e. The van der Waals surface area contributed by atoms with Crippen LogP contribution in [0.1, 0.15) is 39.7 Å². The van der Waals surface area contributed by atoms with Gasteiger partial charge in [-0.3, -0.25) is 0 Å². The summed E-state index contributed by atoms with van der Waals surface area (Å²) in [6.07, 6.45) is 1.25. The van der Waals surface area contributed by atoms with Crippen molar-refractivity contribution in [2.75, 3.05) is 0 Å². The van der Waals surface area contributed by atoms with Crippen LogP contribution in [0.25, 0.3) is 0 Å². The Hall–Kier alpha value is -0.920. The third-order valence-corrected chi connectivity index (χ3v) is 1.01. The molecule has 1 aromatic rings. The van der Waals surface area contributed by atoms with E-state index in [-0.39, 0.29) is 0 Å². The van der Waals surface area contributed by atoms with Gasteiger partial charge in [0.25, 0.3) is 0 Å². The SMILES string of the molecule is CC.CCC.Cc1cc(F)cc(F)c1. The van der Waals surface area contributed by atoms with Crippen molar-refractivity contribution in [2.45, 2.75) is 41.0 Å². The highest BCUT2D eigenvalue weighted by molar-refractivity contribution is 5.15. The second-order valence-electron chi connectivity index (χ2n) is 2.65. The van der Waals surface area contributed by atoms with Crippen LogP contribution in [0.5, 0.6) is 0 Å². The maximum absolute atomic E-state index is 12.2. The molecule has 0 atom stereocenters. The summed E-state index contributed by atoms with van der Waals surface area (Å²) in [6.45, 7) is 9.90. The number of benzene rings is 1. The average molecular weight is 202 g/mol. The minimum absolute atomic E-state index is 0.521. The van der Waals surface area contributed by atoms with Gasteiger partial charge in [0, 0.05) is 6.07 Å². The molecule has 1 rings (SSSR count). The highest BCUT2D eigenvalue weighted by Crippen LogP contribution is 2.05. The number of aryl methyl sites for hydroxylation is 1. The molecule has 0 radical (unpaired) electrons. The summed E-state index contributed by atoms with van der Waals surface area (Å²) in [5.74, 6) is -1.04. The Morgan fingerprint density at radius 3 is 1.43 bits per heavy atom. The van der Waals surface area contributed by atoms with Gasteiger partial charge in [0.15, 0.2) is 0 Å². The van der Waals surface area contributed by atoms with Crippen molar-refractivity contribution in [2.24, 2.45) is 0 Å². The summed E-state index contributed by atoms with van der Waals surface area (Å²) < 4.78 is 24.4. The van der Waals surface area contributed by atoms with Gasteiger partial charge in [-0.1, -0.05) is 34.1 Å². The Kier molecular flexibility index (Phi) is 11.3. The van der Waals surface area contributed by atoms with Gasteiger partial charge in [0.05, 0.1) is 0 Å². The van der Waals surface area contributed by atoms with E-state index in [2.05, 4.69) is 13.8 Å². The largest absolute Gasteiger partial charge is 0.207 e. The van der Waals surface area contributed by atoms with E-state index in [4.69, 9.17) is 0 Å². The zero-order valence-corrected chi connectivity index (χ0v) is 9.70. The molecule has 0 spiro atoms. The standard InChI is InChI=1S/C7H6F2.C3H8.C2H6/c1-5-2-6(8)4-7(9)3-5;1-3-2;1-2/h2-4H,1H3;3H2,1-2H3;1-2H3. The molecule has 0 fully saturated rings. The number of rotatable bonds is 0. The average Bonchev–Trinajstić information content (AvgIpc) is 2.06. The molecule has 0 aliphatic heterocycles. The monoisotopic (exact) mass is 202 g/mol. The third kappa shape index (κ3) is 9.17. The first-order valence-electron chi connectivity index (χ1n) is 5.02. The van der Waals surface area contributed by atoms with E-state index in [9.17, 15) is 8.78 Å². The van der Waals surface area contributed by atoms with Crippen LogP contribution in [0.15, 0.2) is 18.2 Å². The smallest absolute Gasteiger partial charge is 0.126 e. The predicted molar refractivity (Wildman–Crippen MR) is 58.4 cm³/mol. The summed E-state index contributed by atoms with van der Waals surface area (Å²) in [7, 11) is 0. The van der Waals surface area contributed by atoms with E-state index in [1.54, 1.807) is 6.92 Å². The van der Waals surface area contributed by atoms with Crippen LogP contribution in [0, 0.1) is 18.6 Å². The fourth-order valence-corrected chi connectivity index (χ4v) is 0.692. The van der Waals surface area contributed by atoms with Crippen LogP contribution < -0.4 is 0 Å². The molecule has 82 valence electrons. The van der Waals surface area contributed by atoms with Crippen LogP contribution in [0.4, 0.5) is 8.78 Å². The number of hydrogen-bond acceptors (Lipinski definition) is 0. The second kappa shape index (κ2) is 10.2. The molecule has 0 unspecified atom stereocenters. The molecule has 1 aromatic carbocycles.